The fraction of sp³-hybridized carbons (Fsp3) is 0.273. The average molecular weight is 277 g/mol. The molecule has 0 radical (unpaired) electrons. The molecule has 0 unspecified atom stereocenters. The highest BCUT2D eigenvalue weighted by Gasteiger charge is 2.16. The van der Waals surface area contributed by atoms with Gasteiger partial charge in [-0.25, -0.2) is 10.8 Å². The van der Waals surface area contributed by atoms with Crippen LogP contribution in [0, 0.1) is 17.0 Å². The number of aromatic nitrogens is 3. The molecule has 0 atom stereocenters. The molecule has 0 fully saturated rings. The van der Waals surface area contributed by atoms with Crippen LogP contribution in [0.3, 0.4) is 0 Å². The van der Waals surface area contributed by atoms with Gasteiger partial charge >= 0.3 is 5.69 Å². The van der Waals surface area contributed by atoms with E-state index in [-0.39, 0.29) is 11.5 Å². The van der Waals surface area contributed by atoms with Gasteiger partial charge in [0.2, 0.25) is 5.82 Å². The molecular weight excluding hydrogens is 262 g/mol. The van der Waals surface area contributed by atoms with E-state index in [1.807, 2.05) is 20.2 Å². The molecule has 2 aromatic heterocycles. The van der Waals surface area contributed by atoms with Crippen LogP contribution in [-0.4, -0.2) is 19.7 Å². The van der Waals surface area contributed by atoms with Crippen molar-refractivity contribution >= 4 is 17.3 Å². The summed E-state index contributed by atoms with van der Waals surface area (Å²) in [6, 6.07) is 2.79. The lowest BCUT2D eigenvalue weighted by molar-refractivity contribution is -0.384. The third kappa shape index (κ3) is 2.83. The van der Waals surface area contributed by atoms with Crippen molar-refractivity contribution in [2.24, 2.45) is 12.9 Å². The Bertz CT molecular complexity index is 638. The maximum atomic E-state index is 11.0. The van der Waals surface area contributed by atoms with Gasteiger partial charge in [0.1, 0.15) is 5.82 Å². The zero-order chi connectivity index (χ0) is 14.7. The lowest BCUT2D eigenvalue weighted by Gasteiger charge is -2.07. The van der Waals surface area contributed by atoms with Crippen molar-refractivity contribution in [3.8, 4) is 0 Å². The Hall–Kier alpha value is -2.68. The lowest BCUT2D eigenvalue weighted by Crippen LogP contribution is -2.11. The zero-order valence-corrected chi connectivity index (χ0v) is 11.1. The maximum Gasteiger partial charge on any atom is 0.311 e. The summed E-state index contributed by atoms with van der Waals surface area (Å²) in [6.45, 7) is 2.26. The Morgan fingerprint density at radius 2 is 2.25 bits per heavy atom. The number of nitrogen functional groups attached to an aromatic ring is 1. The van der Waals surface area contributed by atoms with Crippen molar-refractivity contribution in [3.63, 3.8) is 0 Å². The normalized spacial score (nSPS) is 10.3. The van der Waals surface area contributed by atoms with Crippen molar-refractivity contribution in [1.82, 2.24) is 14.8 Å². The minimum absolute atomic E-state index is 0.106. The Morgan fingerprint density at radius 1 is 1.50 bits per heavy atom. The summed E-state index contributed by atoms with van der Waals surface area (Å²) in [5, 5.41) is 18.1. The van der Waals surface area contributed by atoms with Crippen LogP contribution in [0.25, 0.3) is 0 Å². The largest absolute Gasteiger partial charge is 0.360 e. The first-order valence-corrected chi connectivity index (χ1v) is 5.86. The monoisotopic (exact) mass is 277 g/mol. The molecule has 4 N–H and O–H groups in total. The van der Waals surface area contributed by atoms with Gasteiger partial charge in [-0.1, -0.05) is 0 Å². The van der Waals surface area contributed by atoms with Gasteiger partial charge in [-0.3, -0.25) is 14.8 Å². The van der Waals surface area contributed by atoms with Crippen LogP contribution in [0.5, 0.6) is 0 Å². The number of hydrazine groups is 1. The van der Waals surface area contributed by atoms with Crippen molar-refractivity contribution in [1.29, 1.82) is 0 Å². The molecule has 0 saturated carbocycles. The number of nitrogens with zero attached hydrogens (tertiary/aromatic N) is 4. The molecule has 106 valence electrons. The summed E-state index contributed by atoms with van der Waals surface area (Å²) >= 11 is 0. The van der Waals surface area contributed by atoms with Crippen LogP contribution >= 0.6 is 0 Å². The second-order valence-electron chi connectivity index (χ2n) is 4.23. The number of hydrogen-bond acceptors (Lipinski definition) is 7. The van der Waals surface area contributed by atoms with E-state index >= 15 is 0 Å². The number of anilines is 2. The van der Waals surface area contributed by atoms with E-state index in [2.05, 4.69) is 20.8 Å². The van der Waals surface area contributed by atoms with Crippen molar-refractivity contribution < 1.29 is 4.92 Å². The van der Waals surface area contributed by atoms with Crippen LogP contribution in [0.1, 0.15) is 11.3 Å². The summed E-state index contributed by atoms with van der Waals surface area (Å²) in [5.41, 5.74) is 4.05. The van der Waals surface area contributed by atoms with E-state index < -0.39 is 4.92 Å². The first-order chi connectivity index (χ1) is 9.51. The number of pyridine rings is 1. The summed E-state index contributed by atoms with van der Waals surface area (Å²) in [6.07, 6.45) is 1.85. The first-order valence-electron chi connectivity index (χ1n) is 5.86. The molecule has 0 bridgehead atoms. The summed E-state index contributed by atoms with van der Waals surface area (Å²) in [7, 11) is 1.82. The van der Waals surface area contributed by atoms with Crippen molar-refractivity contribution in [2.45, 2.75) is 13.5 Å². The molecule has 0 aliphatic carbocycles. The average Bonchev–Trinajstić information content (AvgIpc) is 2.74. The molecule has 20 heavy (non-hydrogen) atoms. The molecule has 0 aliphatic rings. The van der Waals surface area contributed by atoms with Gasteiger partial charge in [-0.05, 0) is 13.0 Å². The third-order valence-corrected chi connectivity index (χ3v) is 2.78. The zero-order valence-electron chi connectivity index (χ0n) is 11.1. The summed E-state index contributed by atoms with van der Waals surface area (Å²) in [4.78, 5) is 14.5. The van der Waals surface area contributed by atoms with Crippen molar-refractivity contribution in [3.05, 3.63) is 39.7 Å². The Labute approximate surface area is 114 Å². The molecule has 0 saturated heterocycles. The molecule has 0 aliphatic heterocycles. The van der Waals surface area contributed by atoms with Crippen LogP contribution in [0.2, 0.25) is 0 Å². The topological polar surface area (TPSA) is 124 Å². The van der Waals surface area contributed by atoms with Crippen LogP contribution in [0.4, 0.5) is 17.3 Å². The molecule has 0 amide bonds. The fourth-order valence-corrected chi connectivity index (χ4v) is 1.81. The molecule has 2 aromatic rings. The van der Waals surface area contributed by atoms with Crippen LogP contribution in [-0.2, 0) is 13.6 Å². The van der Waals surface area contributed by atoms with Gasteiger partial charge in [0, 0.05) is 31.4 Å². The highest BCUT2D eigenvalue weighted by Crippen LogP contribution is 2.24. The molecule has 0 spiro atoms. The van der Waals surface area contributed by atoms with Crippen LogP contribution < -0.4 is 16.6 Å². The fourth-order valence-electron chi connectivity index (χ4n) is 1.81. The highest BCUT2D eigenvalue weighted by atomic mass is 16.6. The number of nitro groups is 1. The number of hydrogen-bond donors (Lipinski definition) is 3. The predicted octanol–water partition coefficient (Wildman–Crippen LogP) is 0.929. The van der Waals surface area contributed by atoms with Gasteiger partial charge in [0.15, 0.2) is 0 Å². The lowest BCUT2D eigenvalue weighted by atomic mass is 10.2. The SMILES string of the molecule is Cc1nn(C)cc1CNc1nc(NN)ccc1[N+](=O)[O-]. The molecule has 9 heteroatoms. The Morgan fingerprint density at radius 3 is 2.80 bits per heavy atom. The Balaban J connectivity index is 2.23. The van der Waals surface area contributed by atoms with Gasteiger partial charge in [-0.2, -0.15) is 5.10 Å². The smallest absolute Gasteiger partial charge is 0.311 e. The van der Waals surface area contributed by atoms with Gasteiger partial charge in [-0.15, -0.1) is 0 Å². The van der Waals surface area contributed by atoms with Gasteiger partial charge in [0.05, 0.1) is 10.6 Å². The summed E-state index contributed by atoms with van der Waals surface area (Å²) < 4.78 is 1.69. The number of aryl methyl sites for hydroxylation is 2. The van der Waals surface area contributed by atoms with Gasteiger partial charge < -0.3 is 10.7 Å². The minimum atomic E-state index is -0.494. The van der Waals surface area contributed by atoms with Crippen LogP contribution in [0.15, 0.2) is 18.3 Å². The van der Waals surface area contributed by atoms with E-state index in [1.165, 1.54) is 12.1 Å². The third-order valence-electron chi connectivity index (χ3n) is 2.78. The highest BCUT2D eigenvalue weighted by molar-refractivity contribution is 5.60. The van der Waals surface area contributed by atoms with Gasteiger partial charge in [0.25, 0.3) is 0 Å². The molecular formula is C11H15N7O2. The van der Waals surface area contributed by atoms with Crippen molar-refractivity contribution in [2.75, 3.05) is 10.7 Å². The number of nitrogens with two attached hydrogens (primary N) is 1. The quantitative estimate of drug-likeness (QED) is 0.422. The predicted molar refractivity (Wildman–Crippen MR) is 74.0 cm³/mol. The molecule has 0 aromatic carbocycles. The summed E-state index contributed by atoms with van der Waals surface area (Å²) in [5.74, 6) is 5.77. The number of rotatable bonds is 5. The van der Waals surface area contributed by atoms with E-state index in [9.17, 15) is 10.1 Å². The van der Waals surface area contributed by atoms with E-state index in [0.717, 1.165) is 11.3 Å². The molecule has 2 heterocycles. The molecule has 9 nitrogen and oxygen atoms in total. The number of nitrogens with one attached hydrogen (secondary N) is 2. The van der Waals surface area contributed by atoms with E-state index in [4.69, 9.17) is 5.84 Å². The second kappa shape index (κ2) is 5.53. The Kier molecular flexibility index (Phi) is 3.80. The first kappa shape index (κ1) is 13.7. The minimum Gasteiger partial charge on any atom is -0.360 e. The van der Waals surface area contributed by atoms with E-state index in [0.29, 0.717) is 12.4 Å². The standard InChI is InChI=1S/C11H15N7O2/c1-7-8(6-17(2)16-7)5-13-11-9(18(19)20)3-4-10(14-11)15-12/h3-4,6H,5,12H2,1-2H3,(H2,13,14,15). The maximum absolute atomic E-state index is 11.0. The second-order valence-corrected chi connectivity index (χ2v) is 4.23. The van der Waals surface area contributed by atoms with E-state index in [1.54, 1.807) is 4.68 Å². The molecule has 2 rings (SSSR count).